The molecule has 6 heteroatoms. The third-order valence-electron chi connectivity index (χ3n) is 5.41. The number of esters is 1. The first-order valence-electron chi connectivity index (χ1n) is 11.5. The lowest BCUT2D eigenvalue weighted by Crippen LogP contribution is -2.13. The normalized spacial score (nSPS) is 10.6. The Hall–Kier alpha value is -4.32. The van der Waals surface area contributed by atoms with Gasteiger partial charge in [0.25, 0.3) is 5.91 Å². The van der Waals surface area contributed by atoms with Gasteiger partial charge in [-0.3, -0.25) is 4.79 Å². The molecule has 4 aromatic rings. The maximum atomic E-state index is 12.9. The number of carbonyl (C=O) groups excluding carboxylic acids is 2. The van der Waals surface area contributed by atoms with Gasteiger partial charge in [0, 0.05) is 22.2 Å². The first-order chi connectivity index (χ1) is 17.1. The van der Waals surface area contributed by atoms with Crippen LogP contribution in [-0.4, -0.2) is 25.1 Å². The van der Waals surface area contributed by atoms with E-state index in [1.807, 2.05) is 49.4 Å². The molecule has 0 saturated heterocycles. The number of ether oxygens (including phenoxy) is 3. The van der Waals surface area contributed by atoms with Gasteiger partial charge in [0.1, 0.15) is 18.1 Å². The van der Waals surface area contributed by atoms with Gasteiger partial charge >= 0.3 is 5.97 Å². The largest absolute Gasteiger partial charge is 0.493 e. The summed E-state index contributed by atoms with van der Waals surface area (Å²) in [6.45, 7) is 4.72. The lowest BCUT2D eigenvalue weighted by atomic mass is 10.1. The summed E-state index contributed by atoms with van der Waals surface area (Å²) in [5.74, 6) is 0.765. The summed E-state index contributed by atoms with van der Waals surface area (Å²) in [7, 11) is 0. The lowest BCUT2D eigenvalue weighted by molar-refractivity contribution is 0.0526. The van der Waals surface area contributed by atoms with Crippen LogP contribution in [0.5, 0.6) is 11.5 Å². The summed E-state index contributed by atoms with van der Waals surface area (Å²) in [5.41, 5.74) is 2.24. The smallest absolute Gasteiger partial charge is 0.338 e. The van der Waals surface area contributed by atoms with Gasteiger partial charge in [-0.25, -0.2) is 4.79 Å². The van der Waals surface area contributed by atoms with E-state index in [2.05, 4.69) is 5.32 Å². The molecule has 4 rings (SSSR count). The molecule has 0 fully saturated rings. The molecule has 0 radical (unpaired) electrons. The van der Waals surface area contributed by atoms with Crippen LogP contribution in [0, 0.1) is 0 Å². The second-order valence-electron chi connectivity index (χ2n) is 7.77. The number of hydrogen-bond acceptors (Lipinski definition) is 5. The van der Waals surface area contributed by atoms with Crippen molar-refractivity contribution in [3.05, 3.63) is 102 Å². The Balaban J connectivity index is 1.51. The number of hydrogen-bond donors (Lipinski definition) is 1. The molecule has 178 valence electrons. The van der Waals surface area contributed by atoms with Crippen molar-refractivity contribution >= 4 is 28.3 Å². The second kappa shape index (κ2) is 11.2. The molecule has 6 nitrogen and oxygen atoms in total. The zero-order valence-corrected chi connectivity index (χ0v) is 19.7. The van der Waals surface area contributed by atoms with Crippen LogP contribution in [0.4, 0.5) is 5.69 Å². The molecule has 0 saturated carbocycles. The van der Waals surface area contributed by atoms with Crippen molar-refractivity contribution in [2.45, 2.75) is 20.5 Å². The van der Waals surface area contributed by atoms with E-state index in [4.69, 9.17) is 14.2 Å². The SMILES string of the molecule is CCOC(=O)c1ccc(NC(=O)c2ccc(OCC)c(COc3cccc4ccccc34)c2)cc1. The number of carbonyl (C=O) groups is 2. The van der Waals surface area contributed by atoms with Crippen molar-refractivity contribution in [2.24, 2.45) is 0 Å². The fourth-order valence-corrected chi connectivity index (χ4v) is 3.71. The quantitative estimate of drug-likeness (QED) is 0.294. The monoisotopic (exact) mass is 469 g/mol. The minimum absolute atomic E-state index is 0.249. The number of anilines is 1. The predicted molar refractivity (Wildman–Crippen MR) is 136 cm³/mol. The van der Waals surface area contributed by atoms with Crippen molar-refractivity contribution in [3.8, 4) is 11.5 Å². The van der Waals surface area contributed by atoms with Gasteiger partial charge in [0.2, 0.25) is 0 Å². The van der Waals surface area contributed by atoms with Crippen LogP contribution >= 0.6 is 0 Å². The van der Waals surface area contributed by atoms with Gasteiger partial charge in [-0.1, -0.05) is 36.4 Å². The second-order valence-corrected chi connectivity index (χ2v) is 7.77. The van der Waals surface area contributed by atoms with Gasteiger partial charge < -0.3 is 19.5 Å². The Kier molecular flexibility index (Phi) is 7.63. The average Bonchev–Trinajstić information content (AvgIpc) is 2.88. The summed E-state index contributed by atoms with van der Waals surface area (Å²) in [4.78, 5) is 24.7. The number of benzene rings is 4. The summed E-state index contributed by atoms with van der Waals surface area (Å²) in [5, 5.41) is 4.98. The van der Waals surface area contributed by atoms with Crippen molar-refractivity contribution in [3.63, 3.8) is 0 Å². The number of fused-ring (bicyclic) bond motifs is 1. The minimum atomic E-state index is -0.396. The third kappa shape index (κ3) is 5.79. The number of amides is 1. The van der Waals surface area contributed by atoms with Crippen molar-refractivity contribution < 1.29 is 23.8 Å². The maximum Gasteiger partial charge on any atom is 0.338 e. The molecular formula is C29H27NO5. The molecule has 1 N–H and O–H groups in total. The Bertz CT molecular complexity index is 1330. The molecule has 0 aliphatic rings. The van der Waals surface area contributed by atoms with E-state index < -0.39 is 5.97 Å². The average molecular weight is 470 g/mol. The molecule has 0 atom stereocenters. The van der Waals surface area contributed by atoms with E-state index in [9.17, 15) is 9.59 Å². The van der Waals surface area contributed by atoms with E-state index in [0.29, 0.717) is 35.8 Å². The van der Waals surface area contributed by atoms with Gasteiger partial charge in [-0.2, -0.15) is 0 Å². The zero-order chi connectivity index (χ0) is 24.6. The van der Waals surface area contributed by atoms with Gasteiger partial charge in [-0.05, 0) is 67.8 Å². The Labute approximate surface area is 204 Å². The molecule has 35 heavy (non-hydrogen) atoms. The highest BCUT2D eigenvalue weighted by Gasteiger charge is 2.13. The maximum absolute atomic E-state index is 12.9. The Morgan fingerprint density at radius 3 is 2.26 bits per heavy atom. The molecule has 0 aliphatic carbocycles. The zero-order valence-electron chi connectivity index (χ0n) is 19.7. The van der Waals surface area contributed by atoms with E-state index in [1.165, 1.54) is 0 Å². The molecule has 0 aromatic heterocycles. The van der Waals surface area contributed by atoms with Crippen LogP contribution in [0.15, 0.2) is 84.9 Å². The van der Waals surface area contributed by atoms with Crippen LogP contribution in [0.3, 0.4) is 0 Å². The number of rotatable bonds is 9. The fraction of sp³-hybridized carbons (Fsp3) is 0.172. The topological polar surface area (TPSA) is 73.9 Å². The first-order valence-corrected chi connectivity index (χ1v) is 11.5. The van der Waals surface area contributed by atoms with Crippen molar-refractivity contribution in [1.82, 2.24) is 0 Å². The van der Waals surface area contributed by atoms with E-state index in [1.54, 1.807) is 49.4 Å². The highest BCUT2D eigenvalue weighted by Crippen LogP contribution is 2.28. The van der Waals surface area contributed by atoms with Crippen LogP contribution < -0.4 is 14.8 Å². The summed E-state index contributed by atoms with van der Waals surface area (Å²) in [6.07, 6.45) is 0. The highest BCUT2D eigenvalue weighted by atomic mass is 16.5. The summed E-state index contributed by atoms with van der Waals surface area (Å²) in [6, 6.07) is 25.8. The molecule has 0 aliphatic heterocycles. The molecule has 0 bridgehead atoms. The minimum Gasteiger partial charge on any atom is -0.493 e. The standard InChI is InChI=1S/C29H27NO5/c1-3-33-26-17-14-22(28(31)30-24-15-12-21(13-16-24)29(32)34-4-2)18-23(26)19-35-27-11-7-9-20-8-5-6-10-25(20)27/h5-18H,3-4,19H2,1-2H3,(H,30,31). The number of nitrogens with one attached hydrogen (secondary N) is 1. The fourth-order valence-electron chi connectivity index (χ4n) is 3.71. The first kappa shape index (κ1) is 23.8. The van der Waals surface area contributed by atoms with Gasteiger partial charge in [0.15, 0.2) is 0 Å². The highest BCUT2D eigenvalue weighted by molar-refractivity contribution is 6.04. The van der Waals surface area contributed by atoms with Gasteiger partial charge in [-0.15, -0.1) is 0 Å². The summed E-state index contributed by atoms with van der Waals surface area (Å²) >= 11 is 0. The van der Waals surface area contributed by atoms with Gasteiger partial charge in [0.05, 0.1) is 18.8 Å². The van der Waals surface area contributed by atoms with Crippen LogP contribution in [0.25, 0.3) is 10.8 Å². The molecule has 0 spiro atoms. The lowest BCUT2D eigenvalue weighted by Gasteiger charge is -2.14. The van der Waals surface area contributed by atoms with E-state index >= 15 is 0 Å². The summed E-state index contributed by atoms with van der Waals surface area (Å²) < 4.78 is 16.9. The van der Waals surface area contributed by atoms with Crippen LogP contribution in [0.2, 0.25) is 0 Å². The predicted octanol–water partition coefficient (Wildman–Crippen LogP) is 6.25. The van der Waals surface area contributed by atoms with Crippen LogP contribution in [-0.2, 0) is 11.3 Å². The Morgan fingerprint density at radius 1 is 0.743 bits per heavy atom. The molecule has 4 aromatic carbocycles. The van der Waals surface area contributed by atoms with Crippen molar-refractivity contribution in [2.75, 3.05) is 18.5 Å². The molecule has 0 heterocycles. The molecule has 0 unspecified atom stereocenters. The van der Waals surface area contributed by atoms with Crippen molar-refractivity contribution in [1.29, 1.82) is 0 Å². The van der Waals surface area contributed by atoms with Crippen LogP contribution in [0.1, 0.15) is 40.1 Å². The third-order valence-corrected chi connectivity index (χ3v) is 5.41. The van der Waals surface area contributed by atoms with E-state index in [0.717, 1.165) is 22.1 Å². The Morgan fingerprint density at radius 2 is 1.49 bits per heavy atom. The van der Waals surface area contributed by atoms with E-state index in [-0.39, 0.29) is 12.5 Å². The molecular weight excluding hydrogens is 442 g/mol. The molecule has 1 amide bonds.